The van der Waals surface area contributed by atoms with Crippen molar-refractivity contribution in [1.29, 1.82) is 0 Å². The first-order chi connectivity index (χ1) is 15.6. The van der Waals surface area contributed by atoms with Gasteiger partial charge in [0, 0.05) is 26.2 Å². The SMILES string of the molecule is CC1COCCN1c1nc2n(c(=O)c1F)CCC(C(F)(F)F)N2CC(=O)N1CC2(COC2)C1. The highest BCUT2D eigenvalue weighted by atomic mass is 19.4. The monoisotopic (exact) mass is 475 g/mol. The quantitative estimate of drug-likeness (QED) is 0.593. The van der Waals surface area contributed by atoms with Gasteiger partial charge in [0.15, 0.2) is 5.82 Å². The zero-order valence-electron chi connectivity index (χ0n) is 18.1. The molecule has 5 heterocycles. The van der Waals surface area contributed by atoms with Gasteiger partial charge in [0.05, 0.1) is 37.9 Å². The predicted molar refractivity (Wildman–Crippen MR) is 108 cm³/mol. The summed E-state index contributed by atoms with van der Waals surface area (Å²) in [6.07, 6.45) is -5.13. The molecule has 5 rings (SSSR count). The van der Waals surface area contributed by atoms with Gasteiger partial charge in [-0.3, -0.25) is 14.2 Å². The summed E-state index contributed by atoms with van der Waals surface area (Å²) >= 11 is 0. The maximum absolute atomic E-state index is 15.0. The summed E-state index contributed by atoms with van der Waals surface area (Å²) in [5, 5.41) is 0. The van der Waals surface area contributed by atoms with E-state index in [1.54, 1.807) is 6.92 Å². The van der Waals surface area contributed by atoms with Crippen LogP contribution in [0.3, 0.4) is 0 Å². The number of aromatic nitrogens is 2. The molecule has 2 unspecified atom stereocenters. The highest BCUT2D eigenvalue weighted by Gasteiger charge is 2.52. The van der Waals surface area contributed by atoms with Crippen LogP contribution in [0.4, 0.5) is 29.3 Å². The number of alkyl halides is 3. The van der Waals surface area contributed by atoms with E-state index < -0.39 is 42.5 Å². The molecule has 3 saturated heterocycles. The highest BCUT2D eigenvalue weighted by Crippen LogP contribution is 2.39. The van der Waals surface area contributed by atoms with Crippen molar-refractivity contribution >= 4 is 17.7 Å². The van der Waals surface area contributed by atoms with Crippen molar-refractivity contribution in [3.8, 4) is 0 Å². The van der Waals surface area contributed by atoms with E-state index in [4.69, 9.17) is 9.47 Å². The van der Waals surface area contributed by atoms with Crippen molar-refractivity contribution in [2.75, 3.05) is 62.4 Å². The Bertz CT molecular complexity index is 1000. The average molecular weight is 475 g/mol. The molecule has 33 heavy (non-hydrogen) atoms. The third kappa shape index (κ3) is 3.74. The normalized spacial score (nSPS) is 26.6. The molecule has 0 radical (unpaired) electrons. The van der Waals surface area contributed by atoms with Crippen LogP contribution in [-0.4, -0.2) is 91.2 Å². The molecule has 1 spiro atoms. The second-order valence-corrected chi connectivity index (χ2v) is 9.34. The Morgan fingerprint density at radius 1 is 1.21 bits per heavy atom. The number of ether oxygens (including phenoxy) is 2. The van der Waals surface area contributed by atoms with Crippen LogP contribution in [0.5, 0.6) is 0 Å². The minimum Gasteiger partial charge on any atom is -0.380 e. The van der Waals surface area contributed by atoms with Gasteiger partial charge < -0.3 is 24.2 Å². The summed E-state index contributed by atoms with van der Waals surface area (Å²) in [7, 11) is 0. The number of carbonyl (C=O) groups is 1. The molecule has 0 saturated carbocycles. The third-order valence-corrected chi connectivity index (χ3v) is 6.88. The van der Waals surface area contributed by atoms with Crippen LogP contribution in [0.1, 0.15) is 13.3 Å². The zero-order valence-corrected chi connectivity index (χ0v) is 18.1. The highest BCUT2D eigenvalue weighted by molar-refractivity contribution is 5.82. The Morgan fingerprint density at radius 3 is 2.55 bits per heavy atom. The number of likely N-dealkylation sites (tertiary alicyclic amines) is 1. The number of anilines is 2. The minimum absolute atomic E-state index is 0.0865. The molecule has 13 heteroatoms. The molecule has 1 aromatic rings. The zero-order chi connectivity index (χ0) is 23.5. The molecule has 1 amide bonds. The summed E-state index contributed by atoms with van der Waals surface area (Å²) in [5.74, 6) is -2.25. The summed E-state index contributed by atoms with van der Waals surface area (Å²) in [4.78, 5) is 33.6. The largest absolute Gasteiger partial charge is 0.408 e. The molecule has 2 atom stereocenters. The van der Waals surface area contributed by atoms with Gasteiger partial charge in [-0.05, 0) is 13.3 Å². The minimum atomic E-state index is -4.65. The maximum atomic E-state index is 15.0. The molecule has 182 valence electrons. The Labute approximate surface area is 186 Å². The lowest BCUT2D eigenvalue weighted by Gasteiger charge is -2.55. The second kappa shape index (κ2) is 7.83. The number of amides is 1. The van der Waals surface area contributed by atoms with E-state index in [0.29, 0.717) is 26.3 Å². The first kappa shape index (κ1) is 22.4. The van der Waals surface area contributed by atoms with E-state index in [-0.39, 0.29) is 49.5 Å². The molecule has 1 aromatic heterocycles. The molecule has 0 N–H and O–H groups in total. The predicted octanol–water partition coefficient (Wildman–Crippen LogP) is 0.607. The number of hydrogen-bond donors (Lipinski definition) is 0. The number of nitrogens with zero attached hydrogens (tertiary/aromatic N) is 5. The number of rotatable bonds is 3. The van der Waals surface area contributed by atoms with Gasteiger partial charge in [-0.2, -0.15) is 22.5 Å². The van der Waals surface area contributed by atoms with Gasteiger partial charge in [-0.1, -0.05) is 0 Å². The number of morpholine rings is 1. The van der Waals surface area contributed by atoms with Crippen LogP contribution in [-0.2, 0) is 20.8 Å². The van der Waals surface area contributed by atoms with Crippen LogP contribution in [0.2, 0.25) is 0 Å². The fourth-order valence-electron chi connectivity index (χ4n) is 4.99. The van der Waals surface area contributed by atoms with Crippen LogP contribution in [0.15, 0.2) is 4.79 Å². The Kier molecular flexibility index (Phi) is 5.31. The maximum Gasteiger partial charge on any atom is 0.408 e. The van der Waals surface area contributed by atoms with Crippen LogP contribution >= 0.6 is 0 Å². The molecule has 4 aliphatic heterocycles. The summed E-state index contributed by atoms with van der Waals surface area (Å²) < 4.78 is 68.1. The molecular weight excluding hydrogens is 450 g/mol. The first-order valence-corrected chi connectivity index (χ1v) is 10.9. The van der Waals surface area contributed by atoms with Crippen LogP contribution in [0.25, 0.3) is 0 Å². The lowest BCUT2D eigenvalue weighted by atomic mass is 9.78. The lowest BCUT2D eigenvalue weighted by molar-refractivity contribution is -0.194. The smallest absolute Gasteiger partial charge is 0.380 e. The number of fused-ring (bicyclic) bond motifs is 1. The van der Waals surface area contributed by atoms with E-state index in [1.807, 2.05) is 0 Å². The number of hydrogen-bond acceptors (Lipinski definition) is 7. The van der Waals surface area contributed by atoms with Gasteiger partial charge in [0.25, 0.3) is 5.56 Å². The van der Waals surface area contributed by atoms with Gasteiger partial charge in [-0.15, -0.1) is 0 Å². The Balaban J connectivity index is 1.49. The van der Waals surface area contributed by atoms with Gasteiger partial charge in [0.2, 0.25) is 17.7 Å². The van der Waals surface area contributed by atoms with Crippen molar-refractivity contribution in [3.05, 3.63) is 16.2 Å². The van der Waals surface area contributed by atoms with Crippen molar-refractivity contribution in [2.45, 2.75) is 38.1 Å². The van der Waals surface area contributed by atoms with Gasteiger partial charge >= 0.3 is 6.18 Å². The average Bonchev–Trinajstić information content (AvgIpc) is 2.68. The lowest BCUT2D eigenvalue weighted by Crippen LogP contribution is -2.68. The van der Waals surface area contributed by atoms with Crippen LogP contribution in [0, 0.1) is 11.2 Å². The second-order valence-electron chi connectivity index (χ2n) is 9.34. The standard InChI is InChI=1S/C20H25F4N5O4/c1-12-7-32-5-4-27(12)16-15(21)17(31)28-3-2-13(20(22,23)24)29(18(28)25-16)6-14(30)26-8-19(9-26)10-33-11-19/h12-13H,2-11H2,1H3. The van der Waals surface area contributed by atoms with Gasteiger partial charge in [0.1, 0.15) is 12.6 Å². The Hall–Kier alpha value is -2.41. The van der Waals surface area contributed by atoms with Crippen molar-refractivity contribution in [3.63, 3.8) is 0 Å². The molecule has 3 fully saturated rings. The molecule has 0 aliphatic carbocycles. The summed E-state index contributed by atoms with van der Waals surface area (Å²) in [5.41, 5.74) is -1.13. The molecule has 4 aliphatic rings. The van der Waals surface area contributed by atoms with Gasteiger partial charge in [-0.25, -0.2) is 0 Å². The van der Waals surface area contributed by atoms with E-state index in [0.717, 1.165) is 9.47 Å². The van der Waals surface area contributed by atoms with E-state index in [2.05, 4.69) is 4.98 Å². The number of carbonyl (C=O) groups excluding carboxylic acids is 1. The first-order valence-electron chi connectivity index (χ1n) is 10.9. The van der Waals surface area contributed by atoms with E-state index in [1.165, 1.54) is 9.80 Å². The van der Waals surface area contributed by atoms with Crippen LogP contribution < -0.4 is 15.4 Å². The summed E-state index contributed by atoms with van der Waals surface area (Å²) in [6, 6.07) is -2.32. The third-order valence-electron chi connectivity index (χ3n) is 6.88. The topological polar surface area (TPSA) is 80.1 Å². The van der Waals surface area contributed by atoms with E-state index >= 15 is 0 Å². The van der Waals surface area contributed by atoms with Crippen molar-refractivity contribution < 1.29 is 31.8 Å². The fraction of sp³-hybridized carbons (Fsp3) is 0.750. The van der Waals surface area contributed by atoms with Crippen molar-refractivity contribution in [2.24, 2.45) is 5.41 Å². The molecule has 0 aromatic carbocycles. The fourth-order valence-corrected chi connectivity index (χ4v) is 4.99. The number of halogens is 4. The van der Waals surface area contributed by atoms with Crippen molar-refractivity contribution in [1.82, 2.24) is 14.5 Å². The Morgan fingerprint density at radius 2 is 1.94 bits per heavy atom. The molecule has 9 nitrogen and oxygen atoms in total. The molecule has 0 bridgehead atoms. The van der Waals surface area contributed by atoms with E-state index in [9.17, 15) is 27.2 Å². The molecular formula is C20H25F4N5O4. The summed E-state index contributed by atoms with van der Waals surface area (Å²) in [6.45, 7) is 3.53.